The topological polar surface area (TPSA) is 115 Å². The van der Waals surface area contributed by atoms with Crippen LogP contribution in [0.1, 0.15) is 16.8 Å². The molecule has 4 atom stereocenters. The van der Waals surface area contributed by atoms with E-state index in [9.17, 15) is 9.59 Å². The summed E-state index contributed by atoms with van der Waals surface area (Å²) in [5.74, 6) is 0.959. The fourth-order valence-electron chi connectivity index (χ4n) is 5.77. The van der Waals surface area contributed by atoms with E-state index in [1.807, 2.05) is 29.2 Å². The molecule has 4 N–H and O–H groups in total. The van der Waals surface area contributed by atoms with Crippen LogP contribution >= 0.6 is 11.6 Å². The van der Waals surface area contributed by atoms with E-state index in [2.05, 4.69) is 38.1 Å². The number of rotatable bonds is 5. The number of hydrogen-bond acceptors (Lipinski definition) is 6. The molecule has 1 aliphatic heterocycles. The minimum Gasteiger partial charge on any atom is -0.378 e. The van der Waals surface area contributed by atoms with Crippen LogP contribution in [0.25, 0.3) is 22.6 Å². The number of fused-ring (bicyclic) bond motifs is 3. The average molecular weight is 506 g/mol. The number of amides is 2. The fourth-order valence-corrected chi connectivity index (χ4v) is 5.97. The molecule has 1 saturated heterocycles. The molecule has 186 valence electrons. The number of piperazine rings is 1. The van der Waals surface area contributed by atoms with Gasteiger partial charge in [0, 0.05) is 50.4 Å². The Morgan fingerprint density at radius 3 is 2.78 bits per heavy atom. The number of aromatic nitrogens is 3. The number of aromatic amines is 1. The van der Waals surface area contributed by atoms with Crippen molar-refractivity contribution in [3.8, 4) is 11.4 Å². The highest BCUT2D eigenvalue weighted by molar-refractivity contribution is 6.34. The Balaban J connectivity index is 1.32. The van der Waals surface area contributed by atoms with E-state index in [0.29, 0.717) is 46.4 Å². The Kier molecular flexibility index (Phi) is 5.89. The Bertz CT molecular complexity index is 1360. The van der Waals surface area contributed by atoms with Crippen molar-refractivity contribution < 1.29 is 9.59 Å². The number of carbonyl (C=O) groups excluding carboxylic acids is 2. The minimum atomic E-state index is -0.167. The Labute approximate surface area is 213 Å². The SMILES string of the molecule is CNC(=O)C1C2C=CC(C2)C1Nc1c(Cl)cnc2nc(-c3cccc(C(=O)N4CCNCC4)c3)[nH]c12. The van der Waals surface area contributed by atoms with E-state index in [0.717, 1.165) is 25.1 Å². The van der Waals surface area contributed by atoms with Crippen molar-refractivity contribution >= 4 is 40.3 Å². The van der Waals surface area contributed by atoms with Crippen molar-refractivity contribution in [2.45, 2.75) is 12.5 Å². The lowest BCUT2D eigenvalue weighted by molar-refractivity contribution is -0.125. The summed E-state index contributed by atoms with van der Waals surface area (Å²) in [5, 5.41) is 10.1. The third kappa shape index (κ3) is 3.92. The van der Waals surface area contributed by atoms with Crippen LogP contribution < -0.4 is 16.0 Å². The number of halogens is 1. The molecular formula is C26H28ClN7O2. The molecule has 2 fully saturated rings. The van der Waals surface area contributed by atoms with Gasteiger partial charge in [-0.2, -0.15) is 0 Å². The molecular weight excluding hydrogens is 478 g/mol. The normalized spacial score (nSPS) is 24.9. The summed E-state index contributed by atoms with van der Waals surface area (Å²) in [7, 11) is 1.68. The van der Waals surface area contributed by atoms with Crippen LogP contribution in [0.2, 0.25) is 5.02 Å². The number of H-pyrrole nitrogens is 1. The number of nitrogens with zero attached hydrogens (tertiary/aromatic N) is 3. The predicted molar refractivity (Wildman–Crippen MR) is 139 cm³/mol. The lowest BCUT2D eigenvalue weighted by atomic mass is 9.88. The molecule has 36 heavy (non-hydrogen) atoms. The van der Waals surface area contributed by atoms with Crippen LogP contribution in [0.3, 0.4) is 0 Å². The quantitative estimate of drug-likeness (QED) is 0.396. The van der Waals surface area contributed by atoms with E-state index in [1.54, 1.807) is 13.2 Å². The summed E-state index contributed by atoms with van der Waals surface area (Å²) >= 11 is 6.61. The molecule has 6 rings (SSSR count). The Hall–Kier alpha value is -3.43. The maximum atomic E-state index is 13.0. The smallest absolute Gasteiger partial charge is 0.253 e. The molecule has 2 aliphatic carbocycles. The van der Waals surface area contributed by atoms with Gasteiger partial charge in [-0.1, -0.05) is 35.9 Å². The highest BCUT2D eigenvalue weighted by atomic mass is 35.5. The first kappa shape index (κ1) is 23.0. The number of imidazole rings is 1. The van der Waals surface area contributed by atoms with Gasteiger partial charge < -0.3 is 25.8 Å². The highest BCUT2D eigenvalue weighted by Gasteiger charge is 2.48. The van der Waals surface area contributed by atoms with Crippen LogP contribution in [-0.2, 0) is 4.79 Å². The van der Waals surface area contributed by atoms with Crippen LogP contribution in [0.4, 0.5) is 5.69 Å². The van der Waals surface area contributed by atoms with Crippen molar-refractivity contribution in [3.05, 3.63) is 53.2 Å². The van der Waals surface area contributed by atoms with Gasteiger partial charge in [0.05, 0.1) is 22.8 Å². The summed E-state index contributed by atoms with van der Waals surface area (Å²) < 4.78 is 0. The maximum absolute atomic E-state index is 13.0. The van der Waals surface area contributed by atoms with Crippen molar-refractivity contribution in [3.63, 3.8) is 0 Å². The summed E-state index contributed by atoms with van der Waals surface area (Å²) in [6.45, 7) is 2.99. The molecule has 0 spiro atoms. The Morgan fingerprint density at radius 1 is 1.17 bits per heavy atom. The van der Waals surface area contributed by atoms with E-state index in [1.165, 1.54) is 0 Å². The lowest BCUT2D eigenvalue weighted by Crippen LogP contribution is -2.46. The number of nitrogens with one attached hydrogen (secondary N) is 4. The highest BCUT2D eigenvalue weighted by Crippen LogP contribution is 2.46. The zero-order chi connectivity index (χ0) is 24.8. The van der Waals surface area contributed by atoms with Gasteiger partial charge in [0.15, 0.2) is 5.65 Å². The third-order valence-corrected chi connectivity index (χ3v) is 7.87. The number of benzene rings is 1. The molecule has 1 aromatic carbocycles. The summed E-state index contributed by atoms with van der Waals surface area (Å²) in [4.78, 5) is 40.0. The molecule has 2 bridgehead atoms. The molecule has 4 unspecified atom stereocenters. The van der Waals surface area contributed by atoms with Crippen LogP contribution in [0.5, 0.6) is 0 Å². The zero-order valence-corrected chi connectivity index (χ0v) is 20.7. The second kappa shape index (κ2) is 9.22. The lowest BCUT2D eigenvalue weighted by Gasteiger charge is -2.28. The molecule has 9 nitrogen and oxygen atoms in total. The molecule has 3 heterocycles. The monoisotopic (exact) mass is 505 g/mol. The van der Waals surface area contributed by atoms with E-state index in [-0.39, 0.29) is 35.6 Å². The number of carbonyl (C=O) groups is 2. The molecule has 2 aromatic heterocycles. The second-order valence-electron chi connectivity index (χ2n) is 9.65. The van der Waals surface area contributed by atoms with Crippen LogP contribution in [0, 0.1) is 17.8 Å². The van der Waals surface area contributed by atoms with Gasteiger partial charge in [-0.15, -0.1) is 0 Å². The van der Waals surface area contributed by atoms with Crippen molar-refractivity contribution in [1.29, 1.82) is 0 Å². The van der Waals surface area contributed by atoms with E-state index < -0.39 is 0 Å². The van der Waals surface area contributed by atoms with Gasteiger partial charge in [-0.3, -0.25) is 9.59 Å². The standard InChI is InChI=1S/C26H28ClN7O2/c1-28-25(35)19-14-5-6-15(11-14)20(19)31-21-18(27)13-30-24-22(21)32-23(33-24)16-3-2-4-17(12-16)26(36)34-9-7-29-8-10-34/h2-6,12-15,19-20,29H,7-11H2,1H3,(H,28,35)(H2,30,31,32,33). The summed E-state index contributed by atoms with van der Waals surface area (Å²) in [6.07, 6.45) is 6.87. The predicted octanol–water partition coefficient (Wildman–Crippen LogP) is 2.67. The van der Waals surface area contributed by atoms with Gasteiger partial charge in [-0.25, -0.2) is 9.97 Å². The van der Waals surface area contributed by atoms with Gasteiger partial charge in [0.1, 0.15) is 11.3 Å². The van der Waals surface area contributed by atoms with E-state index >= 15 is 0 Å². The summed E-state index contributed by atoms with van der Waals surface area (Å²) in [5.41, 5.74) is 3.31. The maximum Gasteiger partial charge on any atom is 0.253 e. The van der Waals surface area contributed by atoms with Crippen LogP contribution in [-0.4, -0.2) is 70.9 Å². The van der Waals surface area contributed by atoms with Crippen molar-refractivity contribution in [2.24, 2.45) is 17.8 Å². The number of anilines is 1. The average Bonchev–Trinajstić information content (AvgIpc) is 3.65. The van der Waals surface area contributed by atoms with Gasteiger partial charge in [0.2, 0.25) is 5.91 Å². The zero-order valence-electron chi connectivity index (χ0n) is 19.9. The molecule has 3 aromatic rings. The Morgan fingerprint density at radius 2 is 1.97 bits per heavy atom. The molecule has 2 amide bonds. The van der Waals surface area contributed by atoms with Gasteiger partial charge >= 0.3 is 0 Å². The van der Waals surface area contributed by atoms with Crippen molar-refractivity contribution in [1.82, 2.24) is 30.5 Å². The van der Waals surface area contributed by atoms with Gasteiger partial charge in [0.25, 0.3) is 5.91 Å². The minimum absolute atomic E-state index is 0.0163. The third-order valence-electron chi connectivity index (χ3n) is 7.58. The fraction of sp³-hybridized carbons (Fsp3) is 0.385. The number of pyridine rings is 1. The molecule has 10 heteroatoms. The first-order valence-corrected chi connectivity index (χ1v) is 12.7. The molecule has 1 saturated carbocycles. The number of allylic oxidation sites excluding steroid dienone is 1. The number of hydrogen-bond donors (Lipinski definition) is 4. The molecule has 0 radical (unpaired) electrons. The largest absolute Gasteiger partial charge is 0.378 e. The van der Waals surface area contributed by atoms with Crippen LogP contribution in [0.15, 0.2) is 42.6 Å². The van der Waals surface area contributed by atoms with Crippen molar-refractivity contribution in [2.75, 3.05) is 38.5 Å². The molecule has 3 aliphatic rings. The van der Waals surface area contributed by atoms with E-state index in [4.69, 9.17) is 16.6 Å². The second-order valence-corrected chi connectivity index (χ2v) is 10.1. The summed E-state index contributed by atoms with van der Waals surface area (Å²) in [6, 6.07) is 7.41. The first-order chi connectivity index (χ1) is 17.5. The van der Waals surface area contributed by atoms with Gasteiger partial charge in [-0.05, 0) is 30.4 Å². The first-order valence-electron chi connectivity index (χ1n) is 12.3.